The van der Waals surface area contributed by atoms with Crippen LogP contribution < -0.4 is 20.9 Å². The van der Waals surface area contributed by atoms with E-state index in [1.165, 1.54) is 11.3 Å². The quantitative estimate of drug-likeness (QED) is 0.414. The van der Waals surface area contributed by atoms with Gasteiger partial charge in [-0.1, -0.05) is 6.07 Å². The number of rotatable bonds is 5. The number of aromatic amines is 1. The third-order valence-corrected chi connectivity index (χ3v) is 6.81. The predicted molar refractivity (Wildman–Crippen MR) is 115 cm³/mol. The molecule has 2 amide bonds. The minimum Gasteiger partial charge on any atom is -0.482 e. The highest BCUT2D eigenvalue weighted by Gasteiger charge is 2.36. The van der Waals surface area contributed by atoms with Crippen LogP contribution in [0.1, 0.15) is 32.5 Å². The summed E-state index contributed by atoms with van der Waals surface area (Å²) in [5, 5.41) is 15.2. The van der Waals surface area contributed by atoms with Crippen molar-refractivity contribution in [3.05, 3.63) is 50.4 Å². The number of nitrogens with one attached hydrogen (secondary N) is 3. The lowest BCUT2D eigenvalue weighted by Crippen LogP contribution is -2.28. The molecule has 0 saturated heterocycles. The summed E-state index contributed by atoms with van der Waals surface area (Å²) in [6, 6.07) is 5.17. The van der Waals surface area contributed by atoms with E-state index in [2.05, 4.69) is 20.6 Å². The molecule has 11 heteroatoms. The van der Waals surface area contributed by atoms with E-state index in [4.69, 9.17) is 4.74 Å². The molecular weight excluding hydrogens is 436 g/mol. The normalized spacial score (nSPS) is 19.1. The van der Waals surface area contributed by atoms with Crippen molar-refractivity contribution in [2.45, 2.75) is 18.9 Å². The highest BCUT2D eigenvalue weighted by molar-refractivity contribution is 7.18. The molecule has 0 bridgehead atoms. The van der Waals surface area contributed by atoms with Gasteiger partial charge in [0.15, 0.2) is 6.61 Å². The topological polar surface area (TPSA) is 150 Å². The molecule has 1 aromatic carbocycles. The number of thiophene rings is 1. The Morgan fingerprint density at radius 3 is 3.00 bits per heavy atom. The molecule has 2 atom stereocenters. The third kappa shape index (κ3) is 3.35. The number of aldehydes is 1. The molecule has 0 saturated carbocycles. The molecule has 0 radical (unpaired) electrons. The molecule has 164 valence electrons. The number of hydrogen-bond acceptors (Lipinski definition) is 8. The molecule has 32 heavy (non-hydrogen) atoms. The second-order valence-electron chi connectivity index (χ2n) is 7.69. The van der Waals surface area contributed by atoms with Crippen LogP contribution in [0.15, 0.2) is 23.0 Å². The molecule has 3 heterocycles. The summed E-state index contributed by atoms with van der Waals surface area (Å²) in [5.74, 6) is -1.18. The lowest BCUT2D eigenvalue weighted by Gasteiger charge is -2.18. The molecule has 1 aliphatic carbocycles. The van der Waals surface area contributed by atoms with E-state index < -0.39 is 17.4 Å². The van der Waals surface area contributed by atoms with Gasteiger partial charge >= 0.3 is 0 Å². The summed E-state index contributed by atoms with van der Waals surface area (Å²) in [4.78, 5) is 56.4. The number of amides is 2. The fourth-order valence-electron chi connectivity index (χ4n) is 4.15. The molecule has 1 aliphatic heterocycles. The number of aromatic nitrogens is 2. The van der Waals surface area contributed by atoms with Gasteiger partial charge in [-0.3, -0.25) is 14.4 Å². The first kappa shape index (κ1) is 20.3. The maximum absolute atomic E-state index is 12.7. The smallest absolute Gasteiger partial charge is 0.287 e. The molecule has 10 nitrogen and oxygen atoms in total. The van der Waals surface area contributed by atoms with Crippen LogP contribution in [0.5, 0.6) is 5.75 Å². The number of benzene rings is 1. The fraction of sp³-hybridized carbons (Fsp3) is 0.286. The highest BCUT2D eigenvalue weighted by Crippen LogP contribution is 2.44. The van der Waals surface area contributed by atoms with Gasteiger partial charge < -0.3 is 30.3 Å². The number of nitrogens with zero attached hydrogens (tertiary/aromatic N) is 1. The van der Waals surface area contributed by atoms with Gasteiger partial charge in [0.1, 0.15) is 16.9 Å². The highest BCUT2D eigenvalue weighted by atomic mass is 32.1. The number of hydrogen-bond donors (Lipinski definition) is 4. The van der Waals surface area contributed by atoms with Crippen molar-refractivity contribution in [3.8, 4) is 5.75 Å². The lowest BCUT2D eigenvalue weighted by molar-refractivity contribution is -0.118. The van der Waals surface area contributed by atoms with Crippen LogP contribution in [0.2, 0.25) is 0 Å². The lowest BCUT2D eigenvalue weighted by atomic mass is 9.94. The molecule has 2 aromatic heterocycles. The van der Waals surface area contributed by atoms with Gasteiger partial charge in [-0.05, 0) is 29.7 Å². The number of H-pyrrole nitrogens is 1. The Hall–Kier alpha value is -3.57. The Balaban J connectivity index is 1.37. The molecule has 0 fully saturated rings. The van der Waals surface area contributed by atoms with Crippen molar-refractivity contribution >= 4 is 45.3 Å². The van der Waals surface area contributed by atoms with Gasteiger partial charge in [-0.25, -0.2) is 4.98 Å². The zero-order chi connectivity index (χ0) is 22.4. The number of anilines is 1. The van der Waals surface area contributed by atoms with Gasteiger partial charge in [-0.2, -0.15) is 0 Å². The Morgan fingerprint density at radius 1 is 1.38 bits per heavy atom. The number of aliphatic hydroxyl groups excluding tert-OH is 1. The second-order valence-corrected chi connectivity index (χ2v) is 8.78. The maximum Gasteiger partial charge on any atom is 0.287 e. The molecule has 2 unspecified atom stereocenters. The van der Waals surface area contributed by atoms with Crippen LogP contribution in [0.4, 0.5) is 5.69 Å². The molecule has 2 aliphatic rings. The Bertz CT molecular complexity index is 1330. The second kappa shape index (κ2) is 7.84. The van der Waals surface area contributed by atoms with Crippen LogP contribution in [0, 0.1) is 5.92 Å². The largest absolute Gasteiger partial charge is 0.482 e. The van der Waals surface area contributed by atoms with Crippen LogP contribution in [-0.2, 0) is 22.6 Å². The summed E-state index contributed by atoms with van der Waals surface area (Å²) in [7, 11) is 0. The summed E-state index contributed by atoms with van der Waals surface area (Å²) in [6.07, 6.45) is 1.25. The van der Waals surface area contributed by atoms with E-state index in [9.17, 15) is 24.3 Å². The van der Waals surface area contributed by atoms with Crippen molar-refractivity contribution in [2.75, 3.05) is 18.5 Å². The zero-order valence-corrected chi connectivity index (χ0v) is 17.5. The molecule has 4 N–H and O–H groups in total. The van der Waals surface area contributed by atoms with E-state index in [-0.39, 0.29) is 37.4 Å². The van der Waals surface area contributed by atoms with E-state index in [1.807, 2.05) is 0 Å². The van der Waals surface area contributed by atoms with Gasteiger partial charge in [-0.15, -0.1) is 11.3 Å². The average Bonchev–Trinajstić information content (AvgIpc) is 3.31. The van der Waals surface area contributed by atoms with Crippen LogP contribution in [-0.4, -0.2) is 46.4 Å². The monoisotopic (exact) mass is 454 g/mol. The summed E-state index contributed by atoms with van der Waals surface area (Å²) < 4.78 is 5.31. The molecule has 3 aromatic rings. The summed E-state index contributed by atoms with van der Waals surface area (Å²) in [6.45, 7) is -0.0301. The van der Waals surface area contributed by atoms with E-state index in [0.717, 1.165) is 16.7 Å². The van der Waals surface area contributed by atoms with Gasteiger partial charge in [0, 0.05) is 29.9 Å². The van der Waals surface area contributed by atoms with Crippen LogP contribution in [0.3, 0.4) is 0 Å². The fourth-order valence-corrected chi connectivity index (χ4v) is 5.47. The average molecular weight is 454 g/mol. The van der Waals surface area contributed by atoms with Crippen LogP contribution >= 0.6 is 11.3 Å². The van der Waals surface area contributed by atoms with Gasteiger partial charge in [0.25, 0.3) is 17.4 Å². The Labute approximate surface area is 184 Å². The summed E-state index contributed by atoms with van der Waals surface area (Å²) >= 11 is 1.27. The number of aliphatic hydroxyl groups is 1. The minimum atomic E-state index is -0.560. The van der Waals surface area contributed by atoms with Crippen molar-refractivity contribution in [1.82, 2.24) is 15.3 Å². The summed E-state index contributed by atoms with van der Waals surface area (Å²) in [5.41, 5.74) is 1.38. The van der Waals surface area contributed by atoms with E-state index in [1.54, 1.807) is 18.2 Å². The Kier molecular flexibility index (Phi) is 4.98. The first-order valence-corrected chi connectivity index (χ1v) is 10.8. The van der Waals surface area contributed by atoms with Crippen molar-refractivity contribution in [2.24, 2.45) is 5.92 Å². The number of carbonyl (C=O) groups excluding carboxylic acids is 3. The van der Waals surface area contributed by atoms with Gasteiger partial charge in [0.05, 0.1) is 11.1 Å². The molecular formula is C21H18N4O6S. The van der Waals surface area contributed by atoms with E-state index in [0.29, 0.717) is 33.6 Å². The molecule has 0 spiro atoms. The number of ether oxygens (including phenoxy) is 1. The van der Waals surface area contributed by atoms with Crippen molar-refractivity contribution < 1.29 is 24.2 Å². The van der Waals surface area contributed by atoms with Crippen LogP contribution in [0.25, 0.3) is 10.2 Å². The first-order chi connectivity index (χ1) is 15.5. The standard InChI is InChI=1S/C21H18N4O6S/c26-6-10-4-14-16(11(10)7-27)17-19(29)24-18(25-21(17)32-14)20(30)22-5-9-1-2-13-12(3-9)23-15(28)8-31-13/h1-3,7,10-11,26H,4-6,8H2,(H,22,30)(H,23,28)(H,24,25,29). The van der Waals surface area contributed by atoms with E-state index >= 15 is 0 Å². The number of fused-ring (bicyclic) bond motifs is 4. The number of carbonyl (C=O) groups is 3. The zero-order valence-electron chi connectivity index (χ0n) is 16.6. The SMILES string of the molecule is O=CC1c2c(sc3nc(C(=O)NCc4ccc5c(c4)NC(=O)CO5)[nH]c(=O)c23)CC1CO. The molecule has 5 rings (SSSR count). The van der Waals surface area contributed by atoms with Crippen molar-refractivity contribution in [3.63, 3.8) is 0 Å². The Morgan fingerprint density at radius 2 is 2.22 bits per heavy atom. The van der Waals surface area contributed by atoms with Crippen molar-refractivity contribution in [1.29, 1.82) is 0 Å². The first-order valence-electron chi connectivity index (χ1n) is 9.94. The van der Waals surface area contributed by atoms with Gasteiger partial charge in [0.2, 0.25) is 5.82 Å². The minimum absolute atomic E-state index is 0.0367. The third-order valence-electron chi connectivity index (χ3n) is 5.69. The predicted octanol–water partition coefficient (Wildman–Crippen LogP) is 0.693. The maximum atomic E-state index is 12.7.